The van der Waals surface area contributed by atoms with E-state index in [1.807, 2.05) is 48.5 Å². The van der Waals surface area contributed by atoms with Crippen LogP contribution in [-0.2, 0) is 9.53 Å². The fourth-order valence-electron chi connectivity index (χ4n) is 4.08. The normalized spacial score (nSPS) is 19.4. The van der Waals surface area contributed by atoms with Crippen molar-refractivity contribution in [3.8, 4) is 0 Å². The first-order valence-corrected chi connectivity index (χ1v) is 9.69. The highest BCUT2D eigenvalue weighted by atomic mass is 35.5. The van der Waals surface area contributed by atoms with E-state index in [1.54, 1.807) is 0 Å². The van der Waals surface area contributed by atoms with Crippen molar-refractivity contribution < 1.29 is 9.53 Å². The Morgan fingerprint density at radius 3 is 2.44 bits per heavy atom. The zero-order valence-corrected chi connectivity index (χ0v) is 16.1. The largest absolute Gasteiger partial charge is 0.464 e. The second-order valence-corrected chi connectivity index (χ2v) is 7.36. The summed E-state index contributed by atoms with van der Waals surface area (Å²) in [7, 11) is 1.44. The predicted molar refractivity (Wildman–Crippen MR) is 109 cm³/mol. The molecule has 1 atom stereocenters. The summed E-state index contributed by atoms with van der Waals surface area (Å²) >= 11 is 6.08. The van der Waals surface area contributed by atoms with E-state index in [-0.39, 0.29) is 11.9 Å². The van der Waals surface area contributed by atoms with Gasteiger partial charge in [0.25, 0.3) is 0 Å². The van der Waals surface area contributed by atoms with Gasteiger partial charge in [0.1, 0.15) is 5.70 Å². The van der Waals surface area contributed by atoms with Crippen LogP contribution in [0.25, 0.3) is 0 Å². The summed E-state index contributed by atoms with van der Waals surface area (Å²) < 4.78 is 5.13. The first-order valence-electron chi connectivity index (χ1n) is 9.31. The van der Waals surface area contributed by atoms with E-state index >= 15 is 0 Å². The van der Waals surface area contributed by atoms with Crippen LogP contribution in [-0.4, -0.2) is 13.1 Å². The molecule has 0 N–H and O–H groups in total. The van der Waals surface area contributed by atoms with E-state index in [1.165, 1.54) is 24.8 Å². The summed E-state index contributed by atoms with van der Waals surface area (Å²) in [6.07, 6.45) is 6.35. The lowest BCUT2D eigenvalue weighted by Gasteiger charge is -2.39. The topological polar surface area (TPSA) is 29.5 Å². The molecular weight excluding hydrogens is 358 g/mol. The number of para-hydroxylation sites is 1. The zero-order chi connectivity index (χ0) is 18.8. The average Bonchev–Trinajstić information content (AvgIpc) is 2.73. The minimum absolute atomic E-state index is 0.0756. The molecule has 0 aromatic heterocycles. The number of carbonyl (C=O) groups is 1. The molecule has 0 saturated heterocycles. The number of ether oxygens (including phenoxy) is 1. The first kappa shape index (κ1) is 17.9. The number of allylic oxidation sites excluding steroid dienone is 3. The van der Waals surface area contributed by atoms with Crippen molar-refractivity contribution in [2.24, 2.45) is 0 Å². The molecule has 2 aromatic rings. The van der Waals surface area contributed by atoms with Gasteiger partial charge in [-0.3, -0.25) is 0 Å². The van der Waals surface area contributed by atoms with Crippen molar-refractivity contribution >= 4 is 23.3 Å². The number of esters is 1. The van der Waals surface area contributed by atoms with Crippen molar-refractivity contribution in [2.45, 2.75) is 31.6 Å². The molecule has 0 saturated carbocycles. The third kappa shape index (κ3) is 3.40. The fraction of sp³-hybridized carbons (Fsp3) is 0.261. The molecule has 1 unspecified atom stereocenters. The second kappa shape index (κ2) is 7.61. The van der Waals surface area contributed by atoms with Gasteiger partial charge in [-0.1, -0.05) is 41.9 Å². The van der Waals surface area contributed by atoms with Crippen LogP contribution in [0, 0.1) is 0 Å². The minimum atomic E-state index is -0.310. The van der Waals surface area contributed by atoms with Crippen molar-refractivity contribution in [1.29, 1.82) is 0 Å². The van der Waals surface area contributed by atoms with Crippen LogP contribution in [0.3, 0.4) is 0 Å². The molecule has 0 radical (unpaired) electrons. The number of hydrogen-bond acceptors (Lipinski definition) is 3. The maximum absolute atomic E-state index is 12.7. The summed E-state index contributed by atoms with van der Waals surface area (Å²) in [6.45, 7) is 0. The van der Waals surface area contributed by atoms with Crippen molar-refractivity contribution in [1.82, 2.24) is 0 Å². The molecule has 1 aliphatic carbocycles. The van der Waals surface area contributed by atoms with Crippen molar-refractivity contribution in [3.63, 3.8) is 0 Å². The van der Waals surface area contributed by atoms with Gasteiger partial charge in [0.05, 0.1) is 7.11 Å². The lowest BCUT2D eigenvalue weighted by Crippen LogP contribution is -2.34. The van der Waals surface area contributed by atoms with Crippen LogP contribution in [0.4, 0.5) is 5.69 Å². The number of methoxy groups -OCH3 is 1. The van der Waals surface area contributed by atoms with Gasteiger partial charge in [-0.25, -0.2) is 4.79 Å². The Hall–Kier alpha value is -2.52. The van der Waals surface area contributed by atoms with Gasteiger partial charge < -0.3 is 9.64 Å². The van der Waals surface area contributed by atoms with Gasteiger partial charge in [-0.15, -0.1) is 0 Å². The molecule has 0 amide bonds. The molecule has 0 spiro atoms. The summed E-state index contributed by atoms with van der Waals surface area (Å²) in [5.74, 6) is -0.235. The maximum Gasteiger partial charge on any atom is 0.354 e. The number of benzene rings is 2. The van der Waals surface area contributed by atoms with E-state index in [0.717, 1.165) is 35.5 Å². The van der Waals surface area contributed by atoms with Gasteiger partial charge in [0.15, 0.2) is 0 Å². The number of nitrogens with zero attached hydrogens (tertiary/aromatic N) is 1. The maximum atomic E-state index is 12.7. The van der Waals surface area contributed by atoms with E-state index in [4.69, 9.17) is 16.3 Å². The van der Waals surface area contributed by atoms with E-state index in [9.17, 15) is 4.79 Å². The van der Waals surface area contributed by atoms with Crippen LogP contribution < -0.4 is 4.90 Å². The Morgan fingerprint density at radius 1 is 1.04 bits per heavy atom. The van der Waals surface area contributed by atoms with Crippen LogP contribution >= 0.6 is 11.6 Å². The third-order valence-corrected chi connectivity index (χ3v) is 5.58. The molecule has 4 heteroatoms. The quantitative estimate of drug-likeness (QED) is 0.628. The smallest absolute Gasteiger partial charge is 0.354 e. The van der Waals surface area contributed by atoms with Gasteiger partial charge in [0.2, 0.25) is 0 Å². The van der Waals surface area contributed by atoms with Gasteiger partial charge in [-0.05, 0) is 67.2 Å². The molecule has 1 aliphatic heterocycles. The average molecular weight is 380 g/mol. The van der Waals surface area contributed by atoms with Gasteiger partial charge in [-0.2, -0.15) is 0 Å². The summed E-state index contributed by atoms with van der Waals surface area (Å²) in [4.78, 5) is 14.8. The number of halogens is 1. The van der Waals surface area contributed by atoms with Gasteiger partial charge in [0, 0.05) is 22.3 Å². The second-order valence-electron chi connectivity index (χ2n) is 6.92. The molecule has 3 nitrogen and oxygen atoms in total. The van der Waals surface area contributed by atoms with Gasteiger partial charge >= 0.3 is 5.97 Å². The standard InChI is InChI=1S/C23H22ClNO2/c1-27-23(26)22-15-20(16-11-13-17(24)14-12-16)19-9-5-6-10-21(19)25(22)18-7-3-2-4-8-18/h2-4,7-8,11-15,20H,5-6,9-10H2,1H3. The Labute approximate surface area is 164 Å². The number of hydrogen-bond donors (Lipinski definition) is 0. The lowest BCUT2D eigenvalue weighted by molar-refractivity contribution is -0.136. The Bertz CT molecular complexity index is 900. The van der Waals surface area contributed by atoms with E-state index in [2.05, 4.69) is 17.0 Å². The van der Waals surface area contributed by atoms with E-state index in [0.29, 0.717) is 5.70 Å². The van der Waals surface area contributed by atoms with Crippen LogP contribution in [0.2, 0.25) is 5.02 Å². The number of anilines is 1. The highest BCUT2D eigenvalue weighted by Crippen LogP contribution is 2.45. The van der Waals surface area contributed by atoms with Crippen molar-refractivity contribution in [2.75, 3.05) is 12.0 Å². The molecule has 0 bridgehead atoms. The minimum Gasteiger partial charge on any atom is -0.464 e. The molecule has 27 heavy (non-hydrogen) atoms. The Balaban J connectivity index is 1.88. The zero-order valence-electron chi connectivity index (χ0n) is 15.3. The molecule has 2 aromatic carbocycles. The highest BCUT2D eigenvalue weighted by molar-refractivity contribution is 6.30. The molecular formula is C23H22ClNO2. The predicted octanol–water partition coefficient (Wildman–Crippen LogP) is 5.83. The number of carbonyl (C=O) groups excluding carboxylic acids is 1. The fourth-order valence-corrected chi connectivity index (χ4v) is 4.21. The summed E-state index contributed by atoms with van der Waals surface area (Å²) in [5.41, 5.74) is 5.36. The summed E-state index contributed by atoms with van der Waals surface area (Å²) in [6, 6.07) is 18.0. The third-order valence-electron chi connectivity index (χ3n) is 5.33. The van der Waals surface area contributed by atoms with E-state index < -0.39 is 0 Å². The highest BCUT2D eigenvalue weighted by Gasteiger charge is 2.34. The van der Waals surface area contributed by atoms with Crippen LogP contribution in [0.1, 0.15) is 37.2 Å². The Morgan fingerprint density at radius 2 is 1.74 bits per heavy atom. The molecule has 0 fully saturated rings. The van der Waals surface area contributed by atoms with Crippen molar-refractivity contribution in [3.05, 3.63) is 88.2 Å². The first-order chi connectivity index (χ1) is 13.2. The Kier molecular flexibility index (Phi) is 5.04. The van der Waals surface area contributed by atoms with Crippen LogP contribution in [0.15, 0.2) is 77.6 Å². The molecule has 2 aliphatic rings. The summed E-state index contributed by atoms with van der Waals surface area (Å²) in [5, 5.41) is 0.718. The SMILES string of the molecule is COC(=O)C1=CC(c2ccc(Cl)cc2)C2=C(CCCC2)N1c1ccccc1. The molecule has 138 valence electrons. The monoisotopic (exact) mass is 379 g/mol. The van der Waals surface area contributed by atoms with Crippen LogP contribution in [0.5, 0.6) is 0 Å². The lowest BCUT2D eigenvalue weighted by atomic mass is 9.79. The number of rotatable bonds is 3. The molecule has 4 rings (SSSR count). The molecule has 1 heterocycles.